The molecule has 0 aliphatic heterocycles. The Labute approximate surface area is 127 Å². The molecule has 20 heavy (non-hydrogen) atoms. The van der Waals surface area contributed by atoms with Crippen LogP contribution >= 0.6 is 15.9 Å². The molecule has 1 atom stereocenters. The van der Waals surface area contributed by atoms with E-state index in [0.717, 1.165) is 10.0 Å². The summed E-state index contributed by atoms with van der Waals surface area (Å²) in [7, 11) is 1.44. The number of carbonyl (C=O) groups excluding carboxylic acids is 2. The van der Waals surface area contributed by atoms with Gasteiger partial charge in [0.25, 0.3) is 5.91 Å². The van der Waals surface area contributed by atoms with Crippen molar-refractivity contribution in [1.82, 2.24) is 10.6 Å². The maximum Gasteiger partial charge on any atom is 0.321 e. The summed E-state index contributed by atoms with van der Waals surface area (Å²) in [6, 6.07) is 5.07. The zero-order chi connectivity index (χ0) is 15.3. The number of carbonyl (C=O) groups is 2. The molecule has 3 amide bonds. The lowest BCUT2D eigenvalue weighted by Gasteiger charge is -2.18. The van der Waals surface area contributed by atoms with Gasteiger partial charge in [-0.25, -0.2) is 4.79 Å². The predicted octanol–water partition coefficient (Wildman–Crippen LogP) is 2.80. The molecule has 5 nitrogen and oxygen atoms in total. The molecule has 110 valence electrons. The first-order valence-electron chi connectivity index (χ1n) is 6.33. The van der Waals surface area contributed by atoms with Crippen molar-refractivity contribution in [2.45, 2.75) is 32.8 Å². The first-order valence-corrected chi connectivity index (χ1v) is 7.13. The summed E-state index contributed by atoms with van der Waals surface area (Å²) >= 11 is 3.41. The van der Waals surface area contributed by atoms with Crippen molar-refractivity contribution in [3.8, 4) is 5.75 Å². The molecular formula is C14H19BrN2O3. The minimum Gasteiger partial charge on any atom is -0.481 e. The van der Waals surface area contributed by atoms with E-state index in [4.69, 9.17) is 4.74 Å². The highest BCUT2D eigenvalue weighted by Gasteiger charge is 2.19. The van der Waals surface area contributed by atoms with Gasteiger partial charge in [0.2, 0.25) is 0 Å². The second kappa shape index (κ2) is 7.28. The fourth-order valence-corrected chi connectivity index (χ4v) is 1.98. The van der Waals surface area contributed by atoms with Crippen molar-refractivity contribution in [3.63, 3.8) is 0 Å². The highest BCUT2D eigenvalue weighted by atomic mass is 79.9. The van der Waals surface area contributed by atoms with Crippen molar-refractivity contribution >= 4 is 27.9 Å². The molecule has 1 aromatic carbocycles. The lowest BCUT2D eigenvalue weighted by molar-refractivity contribution is -0.126. The number of nitrogens with one attached hydrogen (secondary N) is 2. The van der Waals surface area contributed by atoms with Crippen molar-refractivity contribution in [2.75, 3.05) is 7.05 Å². The van der Waals surface area contributed by atoms with Crippen LogP contribution in [0.3, 0.4) is 0 Å². The van der Waals surface area contributed by atoms with E-state index in [1.165, 1.54) is 7.05 Å². The van der Waals surface area contributed by atoms with Crippen LogP contribution in [-0.2, 0) is 4.79 Å². The predicted molar refractivity (Wildman–Crippen MR) is 80.9 cm³/mol. The molecule has 0 aliphatic rings. The lowest BCUT2D eigenvalue weighted by atomic mass is 10.0. The number of imide groups is 1. The van der Waals surface area contributed by atoms with E-state index >= 15 is 0 Å². The molecule has 0 radical (unpaired) electrons. The third-order valence-electron chi connectivity index (χ3n) is 2.73. The van der Waals surface area contributed by atoms with E-state index in [9.17, 15) is 9.59 Å². The Balaban J connectivity index is 2.82. The second-order valence-electron chi connectivity index (χ2n) is 4.67. The summed E-state index contributed by atoms with van der Waals surface area (Å²) in [5.41, 5.74) is 0.999. The average molecular weight is 343 g/mol. The zero-order valence-electron chi connectivity index (χ0n) is 12.0. The Hall–Kier alpha value is -1.56. The topological polar surface area (TPSA) is 67.4 Å². The standard InChI is InChI=1S/C14H19BrN2O3/c1-8(2)11-7-10(15)5-6-12(11)20-9(3)13(18)17-14(19)16-4/h5-9H,1-4H3,(H2,16,17,18,19). The van der Waals surface area contributed by atoms with Crippen LogP contribution in [0.15, 0.2) is 22.7 Å². The molecule has 1 unspecified atom stereocenters. The van der Waals surface area contributed by atoms with Crippen LogP contribution in [0.4, 0.5) is 4.79 Å². The first-order chi connectivity index (χ1) is 9.35. The fourth-order valence-electron chi connectivity index (χ4n) is 1.60. The molecule has 0 heterocycles. The number of benzene rings is 1. The fraction of sp³-hybridized carbons (Fsp3) is 0.429. The summed E-state index contributed by atoms with van der Waals surface area (Å²) in [4.78, 5) is 22.9. The number of ether oxygens (including phenoxy) is 1. The minimum absolute atomic E-state index is 0.261. The third-order valence-corrected chi connectivity index (χ3v) is 3.22. The van der Waals surface area contributed by atoms with Crippen LogP contribution in [0, 0.1) is 0 Å². The number of urea groups is 1. The molecule has 0 bridgehead atoms. The van der Waals surface area contributed by atoms with Gasteiger partial charge < -0.3 is 10.1 Å². The molecule has 0 aliphatic carbocycles. The summed E-state index contributed by atoms with van der Waals surface area (Å²) in [5.74, 6) is 0.418. The van der Waals surface area contributed by atoms with Crippen molar-refractivity contribution in [2.24, 2.45) is 0 Å². The van der Waals surface area contributed by atoms with Gasteiger partial charge in [-0.05, 0) is 36.6 Å². The van der Waals surface area contributed by atoms with Gasteiger partial charge in [0.1, 0.15) is 5.75 Å². The van der Waals surface area contributed by atoms with E-state index in [2.05, 4.69) is 26.6 Å². The van der Waals surface area contributed by atoms with Gasteiger partial charge in [0.05, 0.1) is 0 Å². The molecular weight excluding hydrogens is 324 g/mol. The summed E-state index contributed by atoms with van der Waals surface area (Å²) in [6.07, 6.45) is -0.758. The van der Waals surface area contributed by atoms with Gasteiger partial charge in [-0.3, -0.25) is 10.1 Å². The van der Waals surface area contributed by atoms with E-state index in [0.29, 0.717) is 5.75 Å². The van der Waals surface area contributed by atoms with Crippen LogP contribution in [0.25, 0.3) is 0 Å². The van der Waals surface area contributed by atoms with E-state index in [-0.39, 0.29) is 5.92 Å². The normalized spacial score (nSPS) is 11.9. The molecule has 0 fully saturated rings. The Morgan fingerprint density at radius 2 is 1.90 bits per heavy atom. The maximum absolute atomic E-state index is 11.8. The van der Waals surface area contributed by atoms with Crippen LogP contribution in [0.5, 0.6) is 5.75 Å². The van der Waals surface area contributed by atoms with Gasteiger partial charge >= 0.3 is 6.03 Å². The van der Waals surface area contributed by atoms with Gasteiger partial charge in [-0.15, -0.1) is 0 Å². The van der Waals surface area contributed by atoms with Gasteiger partial charge in [-0.2, -0.15) is 0 Å². The van der Waals surface area contributed by atoms with E-state index in [1.54, 1.807) is 6.92 Å². The average Bonchev–Trinajstić information content (AvgIpc) is 2.40. The molecule has 1 aromatic rings. The quantitative estimate of drug-likeness (QED) is 0.883. The maximum atomic E-state index is 11.8. The molecule has 2 N–H and O–H groups in total. The Kier molecular flexibility index (Phi) is 6.01. The van der Waals surface area contributed by atoms with Gasteiger partial charge in [0, 0.05) is 11.5 Å². The third kappa shape index (κ3) is 4.52. The molecule has 1 rings (SSSR count). The Morgan fingerprint density at radius 3 is 2.45 bits per heavy atom. The van der Waals surface area contributed by atoms with Crippen LogP contribution in [-0.4, -0.2) is 25.1 Å². The molecule has 0 spiro atoms. The molecule has 0 aromatic heterocycles. The second-order valence-corrected chi connectivity index (χ2v) is 5.58. The Bertz CT molecular complexity index is 503. The number of rotatable bonds is 4. The monoisotopic (exact) mass is 342 g/mol. The number of amides is 3. The van der Waals surface area contributed by atoms with Crippen molar-refractivity contribution in [3.05, 3.63) is 28.2 Å². The number of hydrogen-bond donors (Lipinski definition) is 2. The molecule has 0 saturated heterocycles. The number of halogens is 1. The Morgan fingerprint density at radius 1 is 1.25 bits per heavy atom. The summed E-state index contributed by atoms with van der Waals surface area (Å²) in [5, 5.41) is 4.51. The molecule has 6 heteroatoms. The summed E-state index contributed by atoms with van der Waals surface area (Å²) < 4.78 is 6.61. The largest absolute Gasteiger partial charge is 0.481 e. The highest BCUT2D eigenvalue weighted by Crippen LogP contribution is 2.30. The molecule has 0 saturated carbocycles. The number of hydrogen-bond acceptors (Lipinski definition) is 3. The van der Waals surface area contributed by atoms with Crippen LogP contribution < -0.4 is 15.4 Å². The highest BCUT2D eigenvalue weighted by molar-refractivity contribution is 9.10. The smallest absolute Gasteiger partial charge is 0.321 e. The first kappa shape index (κ1) is 16.5. The van der Waals surface area contributed by atoms with Crippen molar-refractivity contribution in [1.29, 1.82) is 0 Å². The summed E-state index contributed by atoms with van der Waals surface area (Å²) in [6.45, 7) is 5.69. The van der Waals surface area contributed by atoms with Crippen molar-refractivity contribution < 1.29 is 14.3 Å². The SMILES string of the molecule is CNC(=O)NC(=O)C(C)Oc1ccc(Br)cc1C(C)C. The van der Waals surface area contributed by atoms with Gasteiger partial charge in [-0.1, -0.05) is 29.8 Å². The van der Waals surface area contributed by atoms with Crippen LogP contribution in [0.1, 0.15) is 32.3 Å². The van der Waals surface area contributed by atoms with E-state index in [1.807, 2.05) is 32.0 Å². The minimum atomic E-state index is -0.758. The van der Waals surface area contributed by atoms with Crippen LogP contribution in [0.2, 0.25) is 0 Å². The lowest BCUT2D eigenvalue weighted by Crippen LogP contribution is -2.44. The van der Waals surface area contributed by atoms with E-state index < -0.39 is 18.0 Å². The zero-order valence-corrected chi connectivity index (χ0v) is 13.6. The van der Waals surface area contributed by atoms with Gasteiger partial charge in [0.15, 0.2) is 6.10 Å².